The molecule has 18 heavy (non-hydrogen) atoms. The Morgan fingerprint density at radius 1 is 1.22 bits per heavy atom. The Bertz CT molecular complexity index is 294. The summed E-state index contributed by atoms with van der Waals surface area (Å²) in [6, 6.07) is 0.306. The molecule has 0 aromatic carbocycles. The van der Waals surface area contributed by atoms with Crippen LogP contribution in [0.15, 0.2) is 0 Å². The van der Waals surface area contributed by atoms with Crippen LogP contribution in [-0.2, 0) is 14.8 Å². The van der Waals surface area contributed by atoms with Gasteiger partial charge in [0.2, 0.25) is 10.0 Å². The zero-order valence-electron chi connectivity index (χ0n) is 11.9. The van der Waals surface area contributed by atoms with E-state index in [0.717, 1.165) is 6.54 Å². The maximum absolute atomic E-state index is 11.6. The lowest BCUT2D eigenvalue weighted by atomic mass is 10.4. The summed E-state index contributed by atoms with van der Waals surface area (Å²) in [5.41, 5.74) is 0. The number of methoxy groups -OCH3 is 1. The Balaban J connectivity index is 3.70. The number of rotatable bonds is 11. The summed E-state index contributed by atoms with van der Waals surface area (Å²) in [4.78, 5) is 2.03. The zero-order valence-corrected chi connectivity index (χ0v) is 12.7. The molecule has 7 heteroatoms. The van der Waals surface area contributed by atoms with Gasteiger partial charge >= 0.3 is 0 Å². The van der Waals surface area contributed by atoms with Crippen molar-refractivity contribution < 1.29 is 13.2 Å². The molecule has 2 N–H and O–H groups in total. The maximum atomic E-state index is 11.6. The molecule has 0 amide bonds. The number of ether oxygens (including phenoxy) is 1. The molecule has 0 fully saturated rings. The minimum absolute atomic E-state index is 0.118. The van der Waals surface area contributed by atoms with Crippen molar-refractivity contribution >= 4 is 10.0 Å². The van der Waals surface area contributed by atoms with Crippen LogP contribution in [0, 0.1) is 0 Å². The predicted molar refractivity (Wildman–Crippen MR) is 74.3 cm³/mol. The molecule has 0 saturated heterocycles. The second-order valence-corrected chi connectivity index (χ2v) is 6.54. The summed E-state index contributed by atoms with van der Waals surface area (Å²) in [6.07, 6.45) is 0. The summed E-state index contributed by atoms with van der Waals surface area (Å²) in [5, 5.41) is 3.08. The van der Waals surface area contributed by atoms with Crippen LogP contribution in [0.4, 0.5) is 0 Å². The summed E-state index contributed by atoms with van der Waals surface area (Å²) in [6.45, 7) is 7.03. The zero-order chi connectivity index (χ0) is 14.0. The van der Waals surface area contributed by atoms with Crippen LogP contribution in [0.5, 0.6) is 0 Å². The molecule has 110 valence electrons. The molecule has 0 aromatic rings. The second-order valence-electron chi connectivity index (χ2n) is 4.62. The van der Waals surface area contributed by atoms with E-state index in [9.17, 15) is 8.42 Å². The highest BCUT2D eigenvalue weighted by Gasteiger charge is 2.09. The van der Waals surface area contributed by atoms with Gasteiger partial charge in [-0.15, -0.1) is 0 Å². The van der Waals surface area contributed by atoms with Crippen LogP contribution in [-0.4, -0.2) is 72.1 Å². The minimum Gasteiger partial charge on any atom is -0.383 e. The molecular weight excluding hydrogens is 254 g/mol. The number of sulfonamides is 1. The van der Waals surface area contributed by atoms with Crippen LogP contribution in [0.3, 0.4) is 0 Å². The molecule has 0 bridgehead atoms. The van der Waals surface area contributed by atoms with E-state index in [1.165, 1.54) is 0 Å². The van der Waals surface area contributed by atoms with E-state index in [4.69, 9.17) is 4.74 Å². The van der Waals surface area contributed by atoms with Gasteiger partial charge in [-0.2, -0.15) is 0 Å². The van der Waals surface area contributed by atoms with Gasteiger partial charge in [-0.1, -0.05) is 13.8 Å². The number of hydrogen-bond donors (Lipinski definition) is 2. The Kier molecular flexibility index (Phi) is 9.57. The van der Waals surface area contributed by atoms with Crippen LogP contribution < -0.4 is 10.0 Å². The van der Waals surface area contributed by atoms with Crippen molar-refractivity contribution in [3.63, 3.8) is 0 Å². The van der Waals surface area contributed by atoms with Gasteiger partial charge in [-0.05, 0) is 7.05 Å². The summed E-state index contributed by atoms with van der Waals surface area (Å²) >= 11 is 0. The van der Waals surface area contributed by atoms with Gasteiger partial charge in [0.05, 0.1) is 12.4 Å². The van der Waals surface area contributed by atoms with E-state index in [-0.39, 0.29) is 5.75 Å². The maximum Gasteiger partial charge on any atom is 0.212 e. The fourth-order valence-corrected chi connectivity index (χ4v) is 2.24. The molecule has 0 rings (SSSR count). The summed E-state index contributed by atoms with van der Waals surface area (Å²) in [5.74, 6) is 0.118. The fourth-order valence-electron chi connectivity index (χ4n) is 1.31. The Morgan fingerprint density at radius 2 is 1.89 bits per heavy atom. The van der Waals surface area contributed by atoms with Gasteiger partial charge in [0, 0.05) is 39.3 Å². The van der Waals surface area contributed by atoms with Crippen molar-refractivity contribution in [2.24, 2.45) is 0 Å². The number of nitrogens with zero attached hydrogens (tertiary/aromatic N) is 1. The fraction of sp³-hybridized carbons (Fsp3) is 1.00. The number of hydrogen-bond acceptors (Lipinski definition) is 5. The van der Waals surface area contributed by atoms with Crippen LogP contribution >= 0.6 is 0 Å². The first-order valence-corrected chi connectivity index (χ1v) is 7.91. The van der Waals surface area contributed by atoms with Gasteiger partial charge in [0.15, 0.2) is 0 Å². The van der Waals surface area contributed by atoms with Crippen molar-refractivity contribution in [2.75, 3.05) is 52.7 Å². The average molecular weight is 281 g/mol. The summed E-state index contributed by atoms with van der Waals surface area (Å²) in [7, 11) is 0.425. The third-order valence-electron chi connectivity index (χ3n) is 2.42. The lowest BCUT2D eigenvalue weighted by Gasteiger charge is -2.16. The molecule has 0 saturated carbocycles. The SMILES string of the molecule is COCCN(C)CCNS(=O)(=O)CCNC(C)C. The van der Waals surface area contributed by atoms with Crippen molar-refractivity contribution in [2.45, 2.75) is 19.9 Å². The van der Waals surface area contributed by atoms with Crippen LogP contribution in [0.25, 0.3) is 0 Å². The standard InChI is InChI=1S/C11H27N3O3S/c1-11(2)12-6-10-18(15,16)13-5-7-14(3)8-9-17-4/h11-13H,5-10H2,1-4H3. The van der Waals surface area contributed by atoms with Crippen molar-refractivity contribution in [3.8, 4) is 0 Å². The molecule has 0 spiro atoms. The monoisotopic (exact) mass is 281 g/mol. The van der Waals surface area contributed by atoms with E-state index < -0.39 is 10.0 Å². The number of nitrogens with one attached hydrogen (secondary N) is 2. The van der Waals surface area contributed by atoms with Crippen molar-refractivity contribution in [3.05, 3.63) is 0 Å². The van der Waals surface area contributed by atoms with E-state index >= 15 is 0 Å². The molecule has 0 aromatic heterocycles. The van der Waals surface area contributed by atoms with Gasteiger partial charge in [0.1, 0.15) is 0 Å². The first-order chi connectivity index (χ1) is 8.37. The molecule has 0 heterocycles. The van der Waals surface area contributed by atoms with Gasteiger partial charge < -0.3 is 15.0 Å². The first-order valence-electron chi connectivity index (χ1n) is 6.25. The second kappa shape index (κ2) is 9.69. The van der Waals surface area contributed by atoms with E-state index in [0.29, 0.717) is 32.3 Å². The normalized spacial score (nSPS) is 12.6. The lowest BCUT2D eigenvalue weighted by Crippen LogP contribution is -2.38. The molecule has 0 atom stereocenters. The van der Waals surface area contributed by atoms with Gasteiger partial charge in [-0.3, -0.25) is 0 Å². The van der Waals surface area contributed by atoms with E-state index in [2.05, 4.69) is 10.0 Å². The lowest BCUT2D eigenvalue weighted by molar-refractivity contribution is 0.162. The number of likely N-dealkylation sites (N-methyl/N-ethyl adjacent to an activating group) is 1. The smallest absolute Gasteiger partial charge is 0.212 e. The average Bonchev–Trinajstić information content (AvgIpc) is 2.25. The first kappa shape index (κ1) is 17.8. The quantitative estimate of drug-likeness (QED) is 0.533. The highest BCUT2D eigenvalue weighted by atomic mass is 32.2. The molecule has 0 radical (unpaired) electrons. The molecule has 0 aliphatic carbocycles. The predicted octanol–water partition coefficient (Wildman–Crippen LogP) is -0.518. The Labute approximate surface area is 111 Å². The molecule has 0 unspecified atom stereocenters. The van der Waals surface area contributed by atoms with Crippen molar-refractivity contribution in [1.82, 2.24) is 14.9 Å². The highest BCUT2D eigenvalue weighted by Crippen LogP contribution is 1.86. The molecule has 0 aliphatic rings. The van der Waals surface area contributed by atoms with E-state index in [1.807, 2.05) is 25.8 Å². The largest absolute Gasteiger partial charge is 0.383 e. The third-order valence-corrected chi connectivity index (χ3v) is 3.80. The van der Waals surface area contributed by atoms with Crippen molar-refractivity contribution in [1.29, 1.82) is 0 Å². The summed E-state index contributed by atoms with van der Waals surface area (Å²) < 4.78 is 30.8. The van der Waals surface area contributed by atoms with Gasteiger partial charge in [0.25, 0.3) is 0 Å². The molecule has 6 nitrogen and oxygen atoms in total. The van der Waals surface area contributed by atoms with E-state index in [1.54, 1.807) is 7.11 Å². The minimum atomic E-state index is -3.16. The Hall–Kier alpha value is -0.210. The van der Waals surface area contributed by atoms with Gasteiger partial charge in [-0.25, -0.2) is 13.1 Å². The molecule has 0 aliphatic heterocycles. The van der Waals surface area contributed by atoms with Crippen LogP contribution in [0.1, 0.15) is 13.8 Å². The third kappa shape index (κ3) is 10.9. The molecular formula is C11H27N3O3S. The highest BCUT2D eigenvalue weighted by molar-refractivity contribution is 7.89. The Morgan fingerprint density at radius 3 is 2.44 bits per heavy atom. The topological polar surface area (TPSA) is 70.7 Å². The van der Waals surface area contributed by atoms with Crippen LogP contribution in [0.2, 0.25) is 0 Å².